The molecule has 8 rings (SSSR count). The number of hydrazine groups is 1. The number of carbonyl (C=O) groups is 4. The summed E-state index contributed by atoms with van der Waals surface area (Å²) in [6.45, 7) is -0.614. The molecule has 6 nitrogen and oxygen atoms in total. The Morgan fingerprint density at radius 1 is 0.643 bits per heavy atom. The molecule has 0 N–H and O–H groups in total. The van der Waals surface area contributed by atoms with E-state index in [1.165, 1.54) is 30.3 Å². The topological polar surface area (TPSA) is 74.8 Å². The van der Waals surface area contributed by atoms with Crippen molar-refractivity contribution in [2.24, 2.45) is 11.8 Å². The third kappa shape index (κ3) is 3.93. The number of hydrogen-bond acceptors (Lipinski definition) is 4. The molecule has 208 valence electrons. The van der Waals surface area contributed by atoms with Crippen LogP contribution in [-0.2, 0) is 9.59 Å². The summed E-state index contributed by atoms with van der Waals surface area (Å²) in [4.78, 5) is 56.4. The van der Waals surface area contributed by atoms with Crippen molar-refractivity contribution in [2.45, 2.75) is 11.8 Å². The maximum atomic E-state index is 14.4. The number of amides is 3. The summed E-state index contributed by atoms with van der Waals surface area (Å²) in [5.41, 5.74) is 4.16. The van der Waals surface area contributed by atoms with Gasteiger partial charge in [-0.05, 0) is 52.6 Å². The third-order valence-corrected chi connectivity index (χ3v) is 9.41. The predicted molar refractivity (Wildman–Crippen MR) is 159 cm³/mol. The maximum absolute atomic E-state index is 14.4. The molecule has 1 fully saturated rings. The van der Waals surface area contributed by atoms with Crippen molar-refractivity contribution in [1.29, 1.82) is 0 Å². The molecule has 0 spiro atoms. The number of ketones is 1. The van der Waals surface area contributed by atoms with Crippen molar-refractivity contribution in [2.75, 3.05) is 6.54 Å². The first-order chi connectivity index (χ1) is 20.3. The first kappa shape index (κ1) is 26.9. The van der Waals surface area contributed by atoms with Crippen molar-refractivity contribution in [1.82, 2.24) is 10.0 Å². The van der Waals surface area contributed by atoms with Gasteiger partial charge in [-0.3, -0.25) is 19.2 Å². The van der Waals surface area contributed by atoms with Gasteiger partial charge in [-0.1, -0.05) is 95.5 Å². The Bertz CT molecular complexity index is 1720. The lowest BCUT2D eigenvalue weighted by Gasteiger charge is -2.45. The zero-order valence-corrected chi connectivity index (χ0v) is 24.1. The Hall–Kier alpha value is -3.97. The van der Waals surface area contributed by atoms with Crippen molar-refractivity contribution >= 4 is 58.3 Å². The minimum absolute atomic E-state index is 0.0548. The van der Waals surface area contributed by atoms with Gasteiger partial charge in [0, 0.05) is 22.4 Å². The Kier molecular flexibility index (Phi) is 6.46. The van der Waals surface area contributed by atoms with Gasteiger partial charge in [-0.2, -0.15) is 5.01 Å². The predicted octanol–water partition coefficient (Wildman–Crippen LogP) is 6.78. The molecule has 2 bridgehead atoms. The molecule has 9 heteroatoms. The van der Waals surface area contributed by atoms with E-state index in [2.05, 4.69) is 0 Å². The first-order valence-electron chi connectivity index (χ1n) is 13.4. The van der Waals surface area contributed by atoms with Gasteiger partial charge in [0.05, 0.1) is 27.4 Å². The molecule has 1 saturated heterocycles. The van der Waals surface area contributed by atoms with Crippen molar-refractivity contribution in [3.8, 4) is 0 Å². The molecule has 0 unspecified atom stereocenters. The molecule has 4 aromatic rings. The average Bonchev–Trinajstić information content (AvgIpc) is 3.25. The second-order valence-electron chi connectivity index (χ2n) is 10.6. The monoisotopic (exact) mass is 614 g/mol. The van der Waals surface area contributed by atoms with Crippen LogP contribution in [0.15, 0.2) is 91.0 Å². The number of Topliss-reactive ketones (excluding diaryl/α,β-unsaturated/α-hetero) is 1. The van der Waals surface area contributed by atoms with Gasteiger partial charge in [0.1, 0.15) is 6.54 Å². The number of hydrogen-bond donors (Lipinski definition) is 0. The fourth-order valence-electron chi connectivity index (χ4n) is 6.84. The molecule has 3 amide bonds. The van der Waals surface area contributed by atoms with Crippen LogP contribution in [0.3, 0.4) is 0 Å². The molecule has 2 atom stereocenters. The van der Waals surface area contributed by atoms with E-state index in [9.17, 15) is 19.2 Å². The van der Waals surface area contributed by atoms with Gasteiger partial charge in [-0.15, -0.1) is 0 Å². The first-order valence-corrected chi connectivity index (χ1v) is 14.5. The van der Waals surface area contributed by atoms with Gasteiger partial charge in [0.2, 0.25) is 0 Å². The minimum Gasteiger partial charge on any atom is -0.292 e. The zero-order valence-electron chi connectivity index (χ0n) is 21.8. The van der Waals surface area contributed by atoms with Crippen molar-refractivity contribution in [3.05, 3.63) is 139 Å². The Labute approximate surface area is 256 Å². The third-order valence-electron chi connectivity index (χ3n) is 8.53. The summed E-state index contributed by atoms with van der Waals surface area (Å²) >= 11 is 18.7. The maximum Gasteiger partial charge on any atom is 0.274 e. The molecular formula is C33H21Cl3N2O4. The Morgan fingerprint density at radius 3 is 1.64 bits per heavy atom. The van der Waals surface area contributed by atoms with Crippen LogP contribution in [-0.4, -0.2) is 40.1 Å². The van der Waals surface area contributed by atoms with Crippen LogP contribution >= 0.6 is 34.8 Å². The fourth-order valence-corrected chi connectivity index (χ4v) is 7.57. The fraction of sp³-hybridized carbons (Fsp3) is 0.152. The highest BCUT2D eigenvalue weighted by Crippen LogP contribution is 2.61. The van der Waals surface area contributed by atoms with Gasteiger partial charge in [-0.25, -0.2) is 5.01 Å². The summed E-state index contributed by atoms with van der Waals surface area (Å²) < 4.78 is 0. The lowest BCUT2D eigenvalue weighted by molar-refractivity contribution is -0.154. The Morgan fingerprint density at radius 2 is 1.14 bits per heavy atom. The van der Waals surface area contributed by atoms with Gasteiger partial charge in [0.25, 0.3) is 17.7 Å². The highest BCUT2D eigenvalue weighted by Gasteiger charge is 2.63. The summed E-state index contributed by atoms with van der Waals surface area (Å²) in [7, 11) is 0. The number of benzene rings is 4. The van der Waals surface area contributed by atoms with Crippen LogP contribution in [0.25, 0.3) is 0 Å². The van der Waals surface area contributed by atoms with Crippen LogP contribution in [0, 0.1) is 11.8 Å². The van der Waals surface area contributed by atoms with E-state index in [0.29, 0.717) is 5.02 Å². The minimum atomic E-state index is -0.748. The largest absolute Gasteiger partial charge is 0.292 e. The zero-order chi connectivity index (χ0) is 29.3. The highest BCUT2D eigenvalue weighted by atomic mass is 35.5. The van der Waals surface area contributed by atoms with Crippen LogP contribution < -0.4 is 0 Å². The quantitative estimate of drug-likeness (QED) is 0.183. The number of carbonyl (C=O) groups excluding carboxylic acids is 4. The summed E-state index contributed by atoms with van der Waals surface area (Å²) in [6.07, 6.45) is 0. The summed E-state index contributed by atoms with van der Waals surface area (Å²) in [6, 6.07) is 26.4. The molecule has 1 heterocycles. The van der Waals surface area contributed by atoms with Crippen LogP contribution in [0.5, 0.6) is 0 Å². The van der Waals surface area contributed by atoms with E-state index < -0.39 is 41.9 Å². The summed E-state index contributed by atoms with van der Waals surface area (Å²) in [5, 5.41) is 2.35. The molecule has 0 saturated carbocycles. The van der Waals surface area contributed by atoms with Crippen molar-refractivity contribution < 1.29 is 19.2 Å². The van der Waals surface area contributed by atoms with Crippen molar-refractivity contribution in [3.63, 3.8) is 0 Å². The Balaban J connectivity index is 1.34. The second kappa shape index (κ2) is 10.1. The molecule has 4 aromatic carbocycles. The van der Waals surface area contributed by atoms with Crippen LogP contribution in [0.4, 0.5) is 0 Å². The van der Waals surface area contributed by atoms with E-state index in [-0.39, 0.29) is 33.0 Å². The smallest absolute Gasteiger partial charge is 0.274 e. The van der Waals surface area contributed by atoms with Gasteiger partial charge >= 0.3 is 0 Å². The van der Waals surface area contributed by atoms with E-state index in [4.69, 9.17) is 34.8 Å². The molecule has 42 heavy (non-hydrogen) atoms. The number of imide groups is 1. The van der Waals surface area contributed by atoms with E-state index in [1.54, 1.807) is 12.1 Å². The lowest BCUT2D eigenvalue weighted by atomic mass is 9.55. The highest BCUT2D eigenvalue weighted by molar-refractivity contribution is 6.37. The number of rotatable bonds is 5. The molecule has 1 aliphatic heterocycles. The van der Waals surface area contributed by atoms with Gasteiger partial charge < -0.3 is 0 Å². The van der Waals surface area contributed by atoms with Crippen LogP contribution in [0.2, 0.25) is 15.1 Å². The van der Waals surface area contributed by atoms with Crippen LogP contribution in [0.1, 0.15) is 54.8 Å². The van der Waals surface area contributed by atoms with E-state index >= 15 is 0 Å². The normalized spacial score (nSPS) is 21.5. The molecule has 0 radical (unpaired) electrons. The molecule has 4 aliphatic rings. The second-order valence-corrected chi connectivity index (χ2v) is 11.9. The molecule has 3 aliphatic carbocycles. The average molecular weight is 616 g/mol. The van der Waals surface area contributed by atoms with Gasteiger partial charge in [0.15, 0.2) is 5.78 Å². The molecule has 0 aromatic heterocycles. The van der Waals surface area contributed by atoms with E-state index in [1.807, 2.05) is 48.5 Å². The lowest BCUT2D eigenvalue weighted by Crippen LogP contribution is -2.52. The SMILES string of the molecule is O=C(CN(C(=O)c1ccccc1Cl)N1C(=O)[C@@H]2C3c4ccccc4C(c4ccccc43)[C@H]2C1=O)c1ccc(Cl)cc1Cl. The number of nitrogens with zero attached hydrogens (tertiary/aromatic N) is 2. The molecular weight excluding hydrogens is 595 g/mol. The number of halogens is 3. The standard InChI is InChI=1S/C33H21Cl3N2O4/c34-17-13-14-22(25(36)15-17)26(39)16-37(31(40)23-11-5-6-12-24(23)35)38-32(41)29-27-18-7-1-2-8-19(18)28(30(29)33(38)42)21-10-4-3-9-20(21)27/h1-15,27-30H,16H2/t27?,28?,29-,30-/m1/s1. The van der Waals surface area contributed by atoms with E-state index in [0.717, 1.165) is 32.3 Å². The summed E-state index contributed by atoms with van der Waals surface area (Å²) in [5.74, 6) is -4.58.